The lowest BCUT2D eigenvalue weighted by molar-refractivity contribution is 0.519. The normalized spacial score (nSPS) is 12.4. The molecule has 0 aliphatic carbocycles. The highest BCUT2D eigenvalue weighted by atomic mass is 79.9. The molecule has 0 heterocycles. The van der Waals surface area contributed by atoms with Crippen LogP contribution in [0.5, 0.6) is 0 Å². The predicted molar refractivity (Wildman–Crippen MR) is 81.0 cm³/mol. The Morgan fingerprint density at radius 2 is 1.95 bits per heavy atom. The molecule has 1 atom stereocenters. The van der Waals surface area contributed by atoms with Gasteiger partial charge in [0.05, 0.1) is 0 Å². The van der Waals surface area contributed by atoms with E-state index in [4.69, 9.17) is 11.6 Å². The molecule has 0 aromatic heterocycles. The first-order valence-electron chi connectivity index (χ1n) is 6.08. The van der Waals surface area contributed by atoms with E-state index in [9.17, 15) is 8.78 Å². The van der Waals surface area contributed by atoms with E-state index < -0.39 is 0 Å². The zero-order valence-electron chi connectivity index (χ0n) is 10.8. The summed E-state index contributed by atoms with van der Waals surface area (Å²) in [6.45, 7) is 0. The molecule has 0 radical (unpaired) electrons. The number of likely N-dealkylation sites (N-methyl/N-ethyl adjacent to an activating group) is 1. The van der Waals surface area contributed by atoms with Crippen LogP contribution in [0.2, 0.25) is 5.02 Å². The van der Waals surface area contributed by atoms with Crippen LogP contribution in [-0.4, -0.2) is 7.05 Å². The van der Waals surface area contributed by atoms with Crippen LogP contribution >= 0.6 is 27.5 Å². The molecular formula is C15H13BrClF2N. The first-order valence-corrected chi connectivity index (χ1v) is 7.25. The maximum atomic E-state index is 13.9. The second-order valence-electron chi connectivity index (χ2n) is 4.41. The summed E-state index contributed by atoms with van der Waals surface area (Å²) in [5.74, 6) is -0.715. The fourth-order valence-corrected chi connectivity index (χ4v) is 2.70. The van der Waals surface area contributed by atoms with Gasteiger partial charge in [0.25, 0.3) is 0 Å². The van der Waals surface area contributed by atoms with Crippen LogP contribution in [-0.2, 0) is 6.42 Å². The number of benzene rings is 2. The molecule has 0 fully saturated rings. The minimum atomic E-state index is -0.381. The van der Waals surface area contributed by atoms with Crippen molar-refractivity contribution in [2.24, 2.45) is 0 Å². The summed E-state index contributed by atoms with van der Waals surface area (Å²) in [7, 11) is 1.71. The minimum Gasteiger partial charge on any atom is -0.313 e. The van der Waals surface area contributed by atoms with E-state index in [1.54, 1.807) is 31.3 Å². The van der Waals surface area contributed by atoms with Gasteiger partial charge in [-0.1, -0.05) is 33.6 Å². The van der Waals surface area contributed by atoms with Crippen molar-refractivity contribution in [3.05, 3.63) is 68.7 Å². The second kappa shape index (κ2) is 6.66. The van der Waals surface area contributed by atoms with E-state index in [2.05, 4.69) is 21.2 Å². The van der Waals surface area contributed by atoms with E-state index in [-0.39, 0.29) is 24.1 Å². The first-order chi connectivity index (χ1) is 9.52. The van der Waals surface area contributed by atoms with Crippen LogP contribution in [0, 0.1) is 11.6 Å². The third kappa shape index (κ3) is 3.37. The van der Waals surface area contributed by atoms with Crippen molar-refractivity contribution < 1.29 is 8.78 Å². The zero-order chi connectivity index (χ0) is 14.7. The predicted octanol–water partition coefficient (Wildman–Crippen LogP) is 4.88. The van der Waals surface area contributed by atoms with Crippen LogP contribution in [0.4, 0.5) is 8.78 Å². The topological polar surface area (TPSA) is 12.0 Å². The Balaban J connectivity index is 2.36. The Bertz CT molecular complexity index is 599. The molecule has 0 spiro atoms. The zero-order valence-corrected chi connectivity index (χ0v) is 13.1. The Kier molecular flexibility index (Phi) is 5.13. The number of halogens is 4. The van der Waals surface area contributed by atoms with Crippen molar-refractivity contribution >= 4 is 27.5 Å². The van der Waals surface area contributed by atoms with Gasteiger partial charge in [-0.15, -0.1) is 0 Å². The molecule has 0 aliphatic rings. The second-order valence-corrected chi connectivity index (χ2v) is 5.73. The van der Waals surface area contributed by atoms with Gasteiger partial charge in [0.15, 0.2) is 0 Å². The standard InChI is InChI=1S/C15H13BrClF2N/c1-20-15(11-7-9(16)5-6-14(11)19)8-10-12(17)3-2-4-13(10)18/h2-7,15,20H,8H2,1H3. The van der Waals surface area contributed by atoms with Crippen LogP contribution < -0.4 is 5.32 Å². The van der Waals surface area contributed by atoms with Crippen molar-refractivity contribution in [3.63, 3.8) is 0 Å². The summed E-state index contributed by atoms with van der Waals surface area (Å²) < 4.78 is 28.5. The molecule has 2 aromatic rings. The molecule has 1 N–H and O–H groups in total. The van der Waals surface area contributed by atoms with Crippen molar-refractivity contribution in [3.8, 4) is 0 Å². The minimum absolute atomic E-state index is 0.273. The van der Waals surface area contributed by atoms with Gasteiger partial charge < -0.3 is 5.32 Å². The molecule has 20 heavy (non-hydrogen) atoms. The lowest BCUT2D eigenvalue weighted by Gasteiger charge is -2.19. The number of hydrogen-bond donors (Lipinski definition) is 1. The van der Waals surface area contributed by atoms with E-state index in [0.717, 1.165) is 4.47 Å². The van der Waals surface area contributed by atoms with Crippen LogP contribution in [0.1, 0.15) is 17.2 Å². The maximum Gasteiger partial charge on any atom is 0.128 e. The molecule has 2 aromatic carbocycles. The molecule has 2 rings (SSSR count). The number of rotatable bonds is 4. The molecule has 1 unspecified atom stereocenters. The molecule has 5 heteroatoms. The number of nitrogens with one attached hydrogen (secondary N) is 1. The summed E-state index contributed by atoms with van der Waals surface area (Å²) >= 11 is 9.33. The van der Waals surface area contributed by atoms with Gasteiger partial charge in [-0.05, 0) is 43.8 Å². The Hall–Kier alpha value is -0.970. The van der Waals surface area contributed by atoms with Crippen molar-refractivity contribution in [2.75, 3.05) is 7.05 Å². The van der Waals surface area contributed by atoms with E-state index in [0.29, 0.717) is 16.1 Å². The van der Waals surface area contributed by atoms with E-state index >= 15 is 0 Å². The summed E-state index contributed by atoms with van der Waals surface area (Å²) in [4.78, 5) is 0. The highest BCUT2D eigenvalue weighted by Crippen LogP contribution is 2.28. The lowest BCUT2D eigenvalue weighted by atomic mass is 9.98. The summed E-state index contributed by atoms with van der Waals surface area (Å²) in [6, 6.07) is 8.87. The van der Waals surface area contributed by atoms with Crippen LogP contribution in [0.15, 0.2) is 40.9 Å². The van der Waals surface area contributed by atoms with E-state index in [1.807, 2.05) is 0 Å². The largest absolute Gasteiger partial charge is 0.313 e. The van der Waals surface area contributed by atoms with Gasteiger partial charge in [0.1, 0.15) is 11.6 Å². The fourth-order valence-electron chi connectivity index (χ4n) is 2.08. The molecule has 1 nitrogen and oxygen atoms in total. The molecule has 0 aliphatic heterocycles. The highest BCUT2D eigenvalue weighted by Gasteiger charge is 2.18. The van der Waals surface area contributed by atoms with E-state index in [1.165, 1.54) is 12.1 Å². The smallest absolute Gasteiger partial charge is 0.128 e. The van der Waals surface area contributed by atoms with Gasteiger partial charge in [-0.2, -0.15) is 0 Å². The van der Waals surface area contributed by atoms with Crippen LogP contribution in [0.3, 0.4) is 0 Å². The van der Waals surface area contributed by atoms with Crippen molar-refractivity contribution in [2.45, 2.75) is 12.5 Å². The monoisotopic (exact) mass is 359 g/mol. The summed E-state index contributed by atoms with van der Waals surface area (Å²) in [5.41, 5.74) is 0.856. The molecule has 0 saturated carbocycles. The van der Waals surface area contributed by atoms with Gasteiger partial charge in [0.2, 0.25) is 0 Å². The SMILES string of the molecule is CNC(Cc1c(F)cccc1Cl)c1cc(Br)ccc1F. The molecule has 106 valence electrons. The lowest BCUT2D eigenvalue weighted by Crippen LogP contribution is -2.20. The van der Waals surface area contributed by atoms with Gasteiger partial charge in [-0.25, -0.2) is 8.78 Å². The highest BCUT2D eigenvalue weighted by molar-refractivity contribution is 9.10. The summed E-state index contributed by atoms with van der Waals surface area (Å²) in [6.07, 6.45) is 0.273. The molecular weight excluding hydrogens is 348 g/mol. The van der Waals surface area contributed by atoms with Gasteiger partial charge in [0, 0.05) is 26.7 Å². The van der Waals surface area contributed by atoms with Gasteiger partial charge >= 0.3 is 0 Å². The average molecular weight is 361 g/mol. The molecule has 0 saturated heterocycles. The van der Waals surface area contributed by atoms with Crippen molar-refractivity contribution in [1.82, 2.24) is 5.32 Å². The average Bonchev–Trinajstić information content (AvgIpc) is 2.42. The summed E-state index contributed by atoms with van der Waals surface area (Å²) in [5, 5.41) is 3.35. The van der Waals surface area contributed by atoms with Crippen molar-refractivity contribution in [1.29, 1.82) is 0 Å². The Morgan fingerprint density at radius 3 is 2.60 bits per heavy atom. The molecule has 0 bridgehead atoms. The maximum absolute atomic E-state index is 13.9. The Morgan fingerprint density at radius 1 is 1.20 bits per heavy atom. The third-order valence-electron chi connectivity index (χ3n) is 3.15. The molecule has 0 amide bonds. The Labute approximate surface area is 130 Å². The first kappa shape index (κ1) is 15.4. The third-order valence-corrected chi connectivity index (χ3v) is 4.00. The fraction of sp³-hybridized carbons (Fsp3) is 0.200. The quantitative estimate of drug-likeness (QED) is 0.819. The van der Waals surface area contributed by atoms with Gasteiger partial charge in [-0.3, -0.25) is 0 Å². The number of hydrogen-bond acceptors (Lipinski definition) is 1. The van der Waals surface area contributed by atoms with Crippen LogP contribution in [0.25, 0.3) is 0 Å².